The average Bonchev–Trinajstić information content (AvgIpc) is 3.19. The summed E-state index contributed by atoms with van der Waals surface area (Å²) in [5.41, 5.74) is 0.454. The molecule has 3 unspecified atom stereocenters. The molecule has 0 aromatic heterocycles. The summed E-state index contributed by atoms with van der Waals surface area (Å²) in [6.45, 7) is 1.97. The van der Waals surface area contributed by atoms with Crippen molar-refractivity contribution in [2.24, 2.45) is 5.92 Å². The van der Waals surface area contributed by atoms with Crippen molar-refractivity contribution in [1.82, 2.24) is 5.32 Å². The molecule has 1 saturated carbocycles. The molecule has 6 rings (SSSR count). The molecule has 31 heavy (non-hydrogen) atoms. The molecule has 8 nitrogen and oxygen atoms in total. The zero-order valence-electron chi connectivity index (χ0n) is 16.5. The third-order valence-corrected chi connectivity index (χ3v) is 9.04. The molecule has 9 heteroatoms. The second-order valence-corrected chi connectivity index (χ2v) is 10.9. The number of allylic oxidation sites excluding steroid dienone is 2. The maximum atomic E-state index is 13.2. The van der Waals surface area contributed by atoms with Gasteiger partial charge in [-0.25, -0.2) is 8.42 Å². The minimum absolute atomic E-state index is 0.0106. The maximum Gasteiger partial charge on any atom is 0.211 e. The van der Waals surface area contributed by atoms with Gasteiger partial charge in [0.25, 0.3) is 0 Å². The fraction of sp³-hybridized carbons (Fsp3) is 0.364. The Morgan fingerprint density at radius 1 is 1.06 bits per heavy atom. The molecule has 0 radical (unpaired) electrons. The molecule has 2 heterocycles. The Bertz CT molecular complexity index is 1350. The van der Waals surface area contributed by atoms with Gasteiger partial charge in [-0.1, -0.05) is 6.92 Å². The summed E-state index contributed by atoms with van der Waals surface area (Å²) in [6, 6.07) is 2.90. The molecule has 1 fully saturated rings. The van der Waals surface area contributed by atoms with E-state index in [2.05, 4.69) is 5.32 Å². The Balaban J connectivity index is 1.60. The molecule has 1 aromatic rings. The summed E-state index contributed by atoms with van der Waals surface area (Å²) in [5, 5.41) is 2.75. The molecule has 158 valence electrons. The van der Waals surface area contributed by atoms with Crippen LogP contribution in [0.5, 0.6) is 0 Å². The van der Waals surface area contributed by atoms with Gasteiger partial charge in [-0.2, -0.15) is 0 Å². The lowest BCUT2D eigenvalue weighted by Crippen LogP contribution is -2.51. The third-order valence-electron chi connectivity index (χ3n) is 7.29. The topological polar surface area (TPSA) is 124 Å². The number of ketones is 4. The monoisotopic (exact) mass is 439 g/mol. The summed E-state index contributed by atoms with van der Waals surface area (Å²) < 4.78 is 30.7. The molecule has 5 aliphatic rings. The molecule has 1 aromatic carbocycles. The van der Waals surface area contributed by atoms with E-state index in [0.29, 0.717) is 17.6 Å². The van der Waals surface area contributed by atoms with Crippen LogP contribution in [0, 0.1) is 5.92 Å². The van der Waals surface area contributed by atoms with Crippen LogP contribution in [0.25, 0.3) is 0 Å². The lowest BCUT2D eigenvalue weighted by Gasteiger charge is -2.46. The van der Waals surface area contributed by atoms with E-state index in [1.807, 2.05) is 6.92 Å². The van der Waals surface area contributed by atoms with Gasteiger partial charge in [-0.05, 0) is 24.1 Å². The molecule has 0 amide bonds. The first kappa shape index (κ1) is 18.7. The van der Waals surface area contributed by atoms with Crippen LogP contribution < -0.4 is 5.32 Å². The van der Waals surface area contributed by atoms with E-state index >= 15 is 0 Å². The minimum Gasteiger partial charge on any atom is -0.489 e. The van der Waals surface area contributed by atoms with Gasteiger partial charge in [0.1, 0.15) is 10.6 Å². The number of rotatable bonds is 0. The van der Waals surface area contributed by atoms with Crippen molar-refractivity contribution in [3.05, 3.63) is 56.8 Å². The predicted octanol–water partition coefficient (Wildman–Crippen LogP) is 1.01. The summed E-state index contributed by atoms with van der Waals surface area (Å²) in [7, 11) is -3.89. The third kappa shape index (κ3) is 2.12. The van der Waals surface area contributed by atoms with Crippen LogP contribution in [0.1, 0.15) is 56.4 Å². The molecule has 1 N–H and O–H groups in total. The lowest BCUT2D eigenvalue weighted by molar-refractivity contribution is -0.118. The van der Waals surface area contributed by atoms with Crippen LogP contribution in [-0.2, 0) is 24.8 Å². The number of benzene rings is 1. The molecule has 0 spiro atoms. The van der Waals surface area contributed by atoms with Crippen molar-refractivity contribution < 1.29 is 32.3 Å². The molecule has 3 aliphatic carbocycles. The lowest BCUT2D eigenvalue weighted by atomic mass is 9.55. The highest BCUT2D eigenvalue weighted by Crippen LogP contribution is 2.54. The number of Topliss-reactive ketones (excluding diaryl/α,β-unsaturated/α-hetero) is 4. The number of fused-ring (bicyclic) bond motifs is 3. The van der Waals surface area contributed by atoms with E-state index < -0.39 is 43.7 Å². The van der Waals surface area contributed by atoms with Gasteiger partial charge in [0.15, 0.2) is 21.7 Å². The van der Waals surface area contributed by atoms with Crippen molar-refractivity contribution >= 4 is 33.0 Å². The Hall–Kier alpha value is -3.07. The molecule has 2 aliphatic heterocycles. The first-order chi connectivity index (χ1) is 14.6. The van der Waals surface area contributed by atoms with Crippen molar-refractivity contribution in [2.45, 2.75) is 31.3 Å². The van der Waals surface area contributed by atoms with Crippen LogP contribution in [0.15, 0.2) is 34.6 Å². The fourth-order valence-corrected chi connectivity index (χ4v) is 7.16. The van der Waals surface area contributed by atoms with Crippen LogP contribution in [0.3, 0.4) is 0 Å². The van der Waals surface area contributed by atoms with Crippen LogP contribution in [0.2, 0.25) is 0 Å². The van der Waals surface area contributed by atoms with Gasteiger partial charge in [0.05, 0.1) is 12.0 Å². The van der Waals surface area contributed by atoms with Crippen LogP contribution in [-0.4, -0.2) is 50.0 Å². The van der Waals surface area contributed by atoms with Crippen molar-refractivity contribution in [3.63, 3.8) is 0 Å². The standard InChI is InChI=1S/C22H17NO7S/c1-22-3-2-14(24)12-8-30-20(15(12)22)18(26)11-6-9-10(7-13(11)22)19(27)21-16(17(9)25)23-4-5-31(21,28)29/h6-8,15,20,23H,2-5H2,1H3. The zero-order valence-corrected chi connectivity index (χ0v) is 17.3. The van der Waals surface area contributed by atoms with Gasteiger partial charge in [-0.3, -0.25) is 19.2 Å². The van der Waals surface area contributed by atoms with Gasteiger partial charge >= 0.3 is 0 Å². The predicted molar refractivity (Wildman–Crippen MR) is 106 cm³/mol. The van der Waals surface area contributed by atoms with E-state index in [9.17, 15) is 27.6 Å². The molecular formula is C22H17NO7S. The van der Waals surface area contributed by atoms with E-state index in [1.165, 1.54) is 18.4 Å². The molecular weight excluding hydrogens is 422 g/mol. The Labute approximate surface area is 177 Å². The maximum absolute atomic E-state index is 13.2. The fourth-order valence-electron chi connectivity index (χ4n) is 5.71. The molecule has 0 saturated heterocycles. The number of carbonyl (C=O) groups is 4. The van der Waals surface area contributed by atoms with Gasteiger partial charge in [0.2, 0.25) is 17.3 Å². The highest BCUT2D eigenvalue weighted by Gasteiger charge is 2.58. The van der Waals surface area contributed by atoms with E-state index in [1.54, 1.807) is 0 Å². The van der Waals surface area contributed by atoms with Crippen molar-refractivity contribution in [1.29, 1.82) is 0 Å². The average molecular weight is 439 g/mol. The number of carbonyl (C=O) groups excluding carboxylic acids is 4. The smallest absolute Gasteiger partial charge is 0.211 e. The number of hydrogen-bond donors (Lipinski definition) is 1. The summed E-state index contributed by atoms with van der Waals surface area (Å²) in [5.74, 6) is -2.47. The minimum atomic E-state index is -3.89. The summed E-state index contributed by atoms with van der Waals surface area (Å²) >= 11 is 0. The normalized spacial score (nSPS) is 32.4. The number of hydrogen-bond acceptors (Lipinski definition) is 8. The van der Waals surface area contributed by atoms with Gasteiger partial charge in [-0.15, -0.1) is 0 Å². The van der Waals surface area contributed by atoms with Crippen LogP contribution in [0.4, 0.5) is 0 Å². The number of sulfone groups is 1. The first-order valence-corrected chi connectivity index (χ1v) is 11.7. The summed E-state index contributed by atoms with van der Waals surface area (Å²) in [6.07, 6.45) is 1.27. The largest absolute Gasteiger partial charge is 0.489 e. The van der Waals surface area contributed by atoms with Crippen LogP contribution >= 0.6 is 0 Å². The second-order valence-electron chi connectivity index (χ2n) is 8.86. The van der Waals surface area contributed by atoms with Gasteiger partial charge < -0.3 is 10.1 Å². The highest BCUT2D eigenvalue weighted by atomic mass is 32.2. The second kappa shape index (κ2) is 5.59. The first-order valence-electron chi connectivity index (χ1n) is 10.1. The van der Waals surface area contributed by atoms with E-state index in [4.69, 9.17) is 4.74 Å². The Kier molecular flexibility index (Phi) is 3.37. The van der Waals surface area contributed by atoms with E-state index in [-0.39, 0.29) is 52.7 Å². The molecule has 0 bridgehead atoms. The van der Waals surface area contributed by atoms with Crippen molar-refractivity contribution in [3.8, 4) is 0 Å². The molecule has 3 atom stereocenters. The Morgan fingerprint density at radius 3 is 2.58 bits per heavy atom. The van der Waals surface area contributed by atoms with E-state index in [0.717, 1.165) is 0 Å². The zero-order chi connectivity index (χ0) is 21.9. The quantitative estimate of drug-likeness (QED) is 0.635. The SMILES string of the molecule is CC12CCC(=O)C3=COC(C(=O)c4cc5c(cc41)C(=O)C1=C(NCCS1(=O)=O)C5=O)C32. The number of ether oxygens (including phenoxy) is 1. The van der Waals surface area contributed by atoms with Gasteiger partial charge in [0, 0.05) is 46.6 Å². The van der Waals surface area contributed by atoms with Crippen molar-refractivity contribution in [2.75, 3.05) is 12.3 Å². The summed E-state index contributed by atoms with van der Waals surface area (Å²) in [4.78, 5) is 51.5. The Morgan fingerprint density at radius 2 is 1.81 bits per heavy atom. The highest BCUT2D eigenvalue weighted by molar-refractivity contribution is 7.96. The number of nitrogens with one attached hydrogen (secondary N) is 1.